The zero-order chi connectivity index (χ0) is 11.5. The summed E-state index contributed by atoms with van der Waals surface area (Å²) in [6.45, 7) is 2.79. The van der Waals surface area contributed by atoms with Crippen LogP contribution in [0.5, 0.6) is 0 Å². The summed E-state index contributed by atoms with van der Waals surface area (Å²) in [4.78, 5) is 4.16. The molecule has 0 aliphatic heterocycles. The molecule has 0 amide bonds. The van der Waals surface area contributed by atoms with Crippen LogP contribution < -0.4 is 11.1 Å². The van der Waals surface area contributed by atoms with Crippen LogP contribution >= 0.6 is 11.6 Å². The molecule has 0 saturated heterocycles. The second-order valence-electron chi connectivity index (χ2n) is 3.98. The summed E-state index contributed by atoms with van der Waals surface area (Å²) in [6.07, 6.45) is 4.00. The first-order chi connectivity index (χ1) is 7.69. The van der Waals surface area contributed by atoms with E-state index < -0.39 is 0 Å². The number of pyridine rings is 1. The number of nitrogen functional groups attached to an aromatic ring is 1. The van der Waals surface area contributed by atoms with Crippen molar-refractivity contribution in [1.82, 2.24) is 4.98 Å². The van der Waals surface area contributed by atoms with Crippen molar-refractivity contribution < 1.29 is 4.74 Å². The van der Waals surface area contributed by atoms with E-state index in [4.69, 9.17) is 22.1 Å². The van der Waals surface area contributed by atoms with Crippen LogP contribution in [0.4, 0.5) is 11.5 Å². The lowest BCUT2D eigenvalue weighted by Gasteiger charge is -2.35. The third-order valence-electron chi connectivity index (χ3n) is 2.72. The Morgan fingerprint density at radius 1 is 1.62 bits per heavy atom. The Morgan fingerprint density at radius 3 is 3.00 bits per heavy atom. The van der Waals surface area contributed by atoms with Crippen LogP contribution in [0.1, 0.15) is 19.8 Å². The lowest BCUT2D eigenvalue weighted by molar-refractivity contribution is 0.00294. The second-order valence-corrected chi connectivity index (χ2v) is 4.42. The number of rotatable bonds is 4. The predicted octanol–water partition coefficient (Wildman–Crippen LogP) is 2.30. The Morgan fingerprint density at radius 2 is 2.38 bits per heavy atom. The van der Waals surface area contributed by atoms with E-state index in [-0.39, 0.29) is 0 Å². The molecule has 1 aliphatic rings. The van der Waals surface area contributed by atoms with Gasteiger partial charge in [0.25, 0.3) is 0 Å². The van der Waals surface area contributed by atoms with E-state index in [0.29, 0.717) is 28.7 Å². The number of anilines is 2. The molecule has 4 nitrogen and oxygen atoms in total. The average molecular weight is 242 g/mol. The fourth-order valence-corrected chi connectivity index (χ4v) is 1.99. The van der Waals surface area contributed by atoms with E-state index in [1.807, 2.05) is 6.92 Å². The van der Waals surface area contributed by atoms with Gasteiger partial charge >= 0.3 is 0 Å². The van der Waals surface area contributed by atoms with Gasteiger partial charge < -0.3 is 15.8 Å². The van der Waals surface area contributed by atoms with Crippen molar-refractivity contribution in [3.63, 3.8) is 0 Å². The Bertz CT molecular complexity index is 366. The molecule has 0 bridgehead atoms. The predicted molar refractivity (Wildman–Crippen MR) is 65.7 cm³/mol. The molecule has 5 heteroatoms. The molecule has 16 heavy (non-hydrogen) atoms. The van der Waals surface area contributed by atoms with E-state index in [9.17, 15) is 0 Å². The summed E-state index contributed by atoms with van der Waals surface area (Å²) < 4.78 is 5.48. The van der Waals surface area contributed by atoms with Gasteiger partial charge in [-0.1, -0.05) is 11.6 Å². The van der Waals surface area contributed by atoms with Crippen LogP contribution in [0.25, 0.3) is 0 Å². The quantitative estimate of drug-likeness (QED) is 0.849. The van der Waals surface area contributed by atoms with E-state index in [2.05, 4.69) is 10.3 Å². The standard InChI is InChI=1S/C11H16ClN3O/c1-2-16-9-4-8(5-9)15-11-10(13)3-7(12)6-14-11/h3,6,8-9H,2,4-5,13H2,1H3,(H,14,15). The number of nitrogens with zero attached hydrogens (tertiary/aromatic N) is 1. The molecule has 0 unspecified atom stereocenters. The van der Waals surface area contributed by atoms with Crippen LogP contribution in [-0.2, 0) is 4.74 Å². The molecule has 3 N–H and O–H groups in total. The first-order valence-electron chi connectivity index (χ1n) is 5.48. The number of nitrogens with one attached hydrogen (secondary N) is 1. The molecule has 0 radical (unpaired) electrons. The zero-order valence-corrected chi connectivity index (χ0v) is 10.00. The fraction of sp³-hybridized carbons (Fsp3) is 0.545. The molecule has 1 aromatic rings. The minimum Gasteiger partial charge on any atom is -0.396 e. The topological polar surface area (TPSA) is 60.2 Å². The molecule has 0 spiro atoms. The van der Waals surface area contributed by atoms with Gasteiger partial charge in [0.2, 0.25) is 0 Å². The molecule has 0 aromatic carbocycles. The van der Waals surface area contributed by atoms with Crippen LogP contribution in [0.3, 0.4) is 0 Å². The molecule has 1 fully saturated rings. The van der Waals surface area contributed by atoms with Crippen molar-refractivity contribution in [3.8, 4) is 0 Å². The van der Waals surface area contributed by atoms with Gasteiger partial charge in [0.15, 0.2) is 0 Å². The van der Waals surface area contributed by atoms with E-state index in [0.717, 1.165) is 19.4 Å². The van der Waals surface area contributed by atoms with E-state index in [1.165, 1.54) is 0 Å². The molecule has 1 aromatic heterocycles. The SMILES string of the molecule is CCOC1CC(Nc2ncc(Cl)cc2N)C1. The molecule has 1 saturated carbocycles. The van der Waals surface area contributed by atoms with Gasteiger partial charge in [0.05, 0.1) is 16.8 Å². The summed E-state index contributed by atoms with van der Waals surface area (Å²) in [5.74, 6) is 0.712. The number of aromatic nitrogens is 1. The maximum Gasteiger partial charge on any atom is 0.149 e. The minimum absolute atomic E-state index is 0.385. The highest BCUT2D eigenvalue weighted by atomic mass is 35.5. The highest BCUT2D eigenvalue weighted by Gasteiger charge is 2.29. The maximum absolute atomic E-state index is 5.80. The third kappa shape index (κ3) is 2.57. The van der Waals surface area contributed by atoms with Crippen LogP contribution in [0.15, 0.2) is 12.3 Å². The van der Waals surface area contributed by atoms with Gasteiger partial charge in [-0.2, -0.15) is 0 Å². The number of hydrogen-bond donors (Lipinski definition) is 2. The lowest BCUT2D eigenvalue weighted by atomic mass is 9.89. The summed E-state index contributed by atoms with van der Waals surface area (Å²) in [7, 11) is 0. The first kappa shape index (κ1) is 11.5. The monoisotopic (exact) mass is 241 g/mol. The first-order valence-corrected chi connectivity index (χ1v) is 5.86. The van der Waals surface area contributed by atoms with Crippen molar-refractivity contribution in [1.29, 1.82) is 0 Å². The van der Waals surface area contributed by atoms with Crippen LogP contribution in [-0.4, -0.2) is 23.7 Å². The Kier molecular flexibility index (Phi) is 3.51. The number of halogens is 1. The number of ether oxygens (including phenoxy) is 1. The van der Waals surface area contributed by atoms with Gasteiger partial charge in [-0.3, -0.25) is 0 Å². The van der Waals surface area contributed by atoms with E-state index in [1.54, 1.807) is 12.3 Å². The van der Waals surface area contributed by atoms with Gasteiger partial charge in [-0.05, 0) is 25.8 Å². The molecule has 1 aliphatic carbocycles. The Labute approximate surface area is 100 Å². The van der Waals surface area contributed by atoms with Crippen molar-refractivity contribution >= 4 is 23.1 Å². The van der Waals surface area contributed by atoms with Gasteiger partial charge in [-0.15, -0.1) is 0 Å². The van der Waals surface area contributed by atoms with Crippen molar-refractivity contribution in [2.75, 3.05) is 17.7 Å². The van der Waals surface area contributed by atoms with E-state index >= 15 is 0 Å². The largest absolute Gasteiger partial charge is 0.396 e. The average Bonchev–Trinajstić information content (AvgIpc) is 2.18. The van der Waals surface area contributed by atoms with Gasteiger partial charge in [-0.25, -0.2) is 4.98 Å². The Balaban J connectivity index is 1.87. The highest BCUT2D eigenvalue weighted by molar-refractivity contribution is 6.30. The zero-order valence-electron chi connectivity index (χ0n) is 9.24. The molecule has 88 valence electrons. The summed E-state index contributed by atoms with van der Waals surface area (Å²) in [5, 5.41) is 3.85. The molecule has 0 atom stereocenters. The lowest BCUT2D eigenvalue weighted by Crippen LogP contribution is -2.41. The normalized spacial score (nSPS) is 23.9. The Hall–Kier alpha value is -1.00. The highest BCUT2D eigenvalue weighted by Crippen LogP contribution is 2.28. The fourth-order valence-electron chi connectivity index (χ4n) is 1.82. The summed E-state index contributed by atoms with van der Waals surface area (Å²) in [5.41, 5.74) is 6.39. The molecule has 1 heterocycles. The van der Waals surface area contributed by atoms with Gasteiger partial charge in [0.1, 0.15) is 5.82 Å². The third-order valence-corrected chi connectivity index (χ3v) is 2.93. The van der Waals surface area contributed by atoms with Crippen molar-refractivity contribution in [2.45, 2.75) is 31.9 Å². The minimum atomic E-state index is 0.385. The maximum atomic E-state index is 5.80. The summed E-state index contributed by atoms with van der Waals surface area (Å²) in [6, 6.07) is 2.11. The molecule has 2 rings (SSSR count). The molecular formula is C11H16ClN3O. The second kappa shape index (κ2) is 4.89. The number of hydrogen-bond acceptors (Lipinski definition) is 4. The van der Waals surface area contributed by atoms with Crippen LogP contribution in [0.2, 0.25) is 5.02 Å². The number of nitrogens with two attached hydrogens (primary N) is 1. The van der Waals surface area contributed by atoms with Crippen molar-refractivity contribution in [2.24, 2.45) is 0 Å². The van der Waals surface area contributed by atoms with Gasteiger partial charge in [0, 0.05) is 18.8 Å². The molecular weight excluding hydrogens is 226 g/mol. The van der Waals surface area contributed by atoms with Crippen molar-refractivity contribution in [3.05, 3.63) is 17.3 Å². The van der Waals surface area contributed by atoms with Crippen LogP contribution in [0, 0.1) is 0 Å². The smallest absolute Gasteiger partial charge is 0.149 e. The summed E-state index contributed by atoms with van der Waals surface area (Å²) >= 11 is 5.78.